The number of halogens is 2. The van der Waals surface area contributed by atoms with E-state index in [9.17, 15) is 4.79 Å². The molecule has 1 amide bonds. The third-order valence-electron chi connectivity index (χ3n) is 1.76. The van der Waals surface area contributed by atoms with Gasteiger partial charge in [0, 0.05) is 18.9 Å². The summed E-state index contributed by atoms with van der Waals surface area (Å²) >= 11 is 8.87. The smallest absolute Gasteiger partial charge is 0.289 e. The van der Waals surface area contributed by atoms with Gasteiger partial charge in [0.05, 0.1) is 0 Å². The van der Waals surface area contributed by atoms with Gasteiger partial charge in [-0.25, -0.2) is 0 Å². The molecule has 0 aromatic carbocycles. The lowest BCUT2D eigenvalue weighted by Gasteiger charge is -2.14. The molecule has 1 aromatic heterocycles. The Bertz CT molecular complexity index is 314. The van der Waals surface area contributed by atoms with Crippen molar-refractivity contribution in [2.75, 3.05) is 18.9 Å². The molecule has 0 atom stereocenters. The molecule has 1 aromatic rings. The van der Waals surface area contributed by atoms with E-state index in [0.29, 0.717) is 6.54 Å². The molecule has 0 aliphatic carbocycles. The number of carbonyl (C=O) groups excluding carboxylic acids is 1. The number of hydrogen-bond acceptors (Lipinski definition) is 2. The maximum Gasteiger partial charge on any atom is 0.289 e. The Balaban J connectivity index is 2.56. The molecule has 0 radical (unpaired) electrons. The third kappa shape index (κ3) is 3.03. The highest BCUT2D eigenvalue weighted by molar-refractivity contribution is 9.09. The quantitative estimate of drug-likeness (QED) is 0.795. The van der Waals surface area contributed by atoms with Crippen LogP contribution in [0.1, 0.15) is 17.0 Å². The lowest BCUT2D eigenvalue weighted by Crippen LogP contribution is -2.27. The second-order valence-corrected chi connectivity index (χ2v) is 4.04. The summed E-state index contributed by atoms with van der Waals surface area (Å²) in [6, 6.07) is 3.14. The van der Waals surface area contributed by atoms with Gasteiger partial charge in [-0.3, -0.25) is 4.79 Å². The van der Waals surface area contributed by atoms with Gasteiger partial charge in [0.2, 0.25) is 0 Å². The molecular formula is C9H11BrClNO2. The molecule has 14 heavy (non-hydrogen) atoms. The van der Waals surface area contributed by atoms with Gasteiger partial charge in [0.25, 0.3) is 5.91 Å². The van der Waals surface area contributed by atoms with Crippen molar-refractivity contribution < 1.29 is 9.21 Å². The highest BCUT2D eigenvalue weighted by Gasteiger charge is 2.14. The second-order valence-electron chi connectivity index (χ2n) is 2.87. The maximum absolute atomic E-state index is 11.6. The minimum absolute atomic E-state index is 0.141. The first kappa shape index (κ1) is 11.6. The van der Waals surface area contributed by atoms with E-state index in [4.69, 9.17) is 16.0 Å². The molecule has 0 spiro atoms. The van der Waals surface area contributed by atoms with Gasteiger partial charge in [-0.1, -0.05) is 15.9 Å². The molecule has 0 N–H and O–H groups in total. The van der Waals surface area contributed by atoms with Crippen LogP contribution in [0.15, 0.2) is 16.5 Å². The Labute approximate surface area is 96.1 Å². The summed E-state index contributed by atoms with van der Waals surface area (Å²) in [6.45, 7) is 0.697. The van der Waals surface area contributed by atoms with Crippen LogP contribution in [-0.4, -0.2) is 29.7 Å². The summed E-state index contributed by atoms with van der Waals surface area (Å²) in [4.78, 5) is 13.2. The SMILES string of the molecule is CN(CCCBr)C(=O)c1ccc(Cl)o1. The van der Waals surface area contributed by atoms with Crippen molar-refractivity contribution in [1.29, 1.82) is 0 Å². The molecule has 0 bridgehead atoms. The molecule has 1 heterocycles. The van der Waals surface area contributed by atoms with E-state index in [1.54, 1.807) is 24.1 Å². The minimum atomic E-state index is -0.141. The average Bonchev–Trinajstić information content (AvgIpc) is 2.60. The summed E-state index contributed by atoms with van der Waals surface area (Å²) in [6.07, 6.45) is 0.913. The van der Waals surface area contributed by atoms with Crippen LogP contribution < -0.4 is 0 Å². The van der Waals surface area contributed by atoms with Gasteiger partial charge >= 0.3 is 0 Å². The molecule has 0 fully saturated rings. The predicted octanol–water partition coefficient (Wildman–Crippen LogP) is 2.79. The molecule has 5 heteroatoms. The van der Waals surface area contributed by atoms with Crippen molar-refractivity contribution in [1.82, 2.24) is 4.90 Å². The van der Waals surface area contributed by atoms with E-state index >= 15 is 0 Å². The summed E-state index contributed by atoms with van der Waals surface area (Å²) in [5.74, 6) is 0.143. The van der Waals surface area contributed by atoms with Crippen molar-refractivity contribution in [3.05, 3.63) is 23.1 Å². The first-order valence-corrected chi connectivity index (χ1v) is 5.72. The summed E-state index contributed by atoms with van der Waals surface area (Å²) in [7, 11) is 1.74. The first-order valence-electron chi connectivity index (χ1n) is 4.22. The molecule has 0 unspecified atom stereocenters. The van der Waals surface area contributed by atoms with Crippen molar-refractivity contribution in [2.45, 2.75) is 6.42 Å². The summed E-state index contributed by atoms with van der Waals surface area (Å²) in [5.41, 5.74) is 0. The van der Waals surface area contributed by atoms with Crippen LogP contribution >= 0.6 is 27.5 Å². The maximum atomic E-state index is 11.6. The van der Waals surface area contributed by atoms with Crippen LogP contribution in [0.25, 0.3) is 0 Å². The highest BCUT2D eigenvalue weighted by Crippen LogP contribution is 2.14. The molecule has 3 nitrogen and oxygen atoms in total. The predicted molar refractivity (Wildman–Crippen MR) is 59.1 cm³/mol. The molecule has 0 aliphatic heterocycles. The van der Waals surface area contributed by atoms with Crippen molar-refractivity contribution in [3.63, 3.8) is 0 Å². The Morgan fingerprint density at radius 2 is 2.36 bits per heavy atom. The van der Waals surface area contributed by atoms with Gasteiger partial charge in [-0.2, -0.15) is 0 Å². The van der Waals surface area contributed by atoms with Gasteiger partial charge < -0.3 is 9.32 Å². The number of rotatable bonds is 4. The van der Waals surface area contributed by atoms with Crippen LogP contribution in [0.2, 0.25) is 5.22 Å². The van der Waals surface area contributed by atoms with Crippen molar-refractivity contribution >= 4 is 33.4 Å². The fourth-order valence-corrected chi connectivity index (χ4v) is 1.41. The number of alkyl halides is 1. The minimum Gasteiger partial charge on any atom is -0.440 e. The topological polar surface area (TPSA) is 33.5 Å². The van der Waals surface area contributed by atoms with E-state index < -0.39 is 0 Å². The van der Waals surface area contributed by atoms with Gasteiger partial charge in [0.1, 0.15) is 0 Å². The summed E-state index contributed by atoms with van der Waals surface area (Å²) < 4.78 is 5.01. The van der Waals surface area contributed by atoms with Crippen LogP contribution in [0.5, 0.6) is 0 Å². The third-order valence-corrected chi connectivity index (χ3v) is 2.52. The van der Waals surface area contributed by atoms with E-state index in [0.717, 1.165) is 11.8 Å². The zero-order valence-electron chi connectivity index (χ0n) is 7.80. The molecule has 0 saturated heterocycles. The van der Waals surface area contributed by atoms with E-state index in [-0.39, 0.29) is 16.9 Å². The average molecular weight is 281 g/mol. The number of amides is 1. The van der Waals surface area contributed by atoms with Gasteiger partial charge in [0.15, 0.2) is 11.0 Å². The summed E-state index contributed by atoms with van der Waals surface area (Å²) in [5, 5.41) is 1.12. The fraction of sp³-hybridized carbons (Fsp3) is 0.444. The number of carbonyl (C=O) groups is 1. The van der Waals surface area contributed by atoms with Crippen molar-refractivity contribution in [3.8, 4) is 0 Å². The zero-order chi connectivity index (χ0) is 10.6. The van der Waals surface area contributed by atoms with Crippen LogP contribution in [-0.2, 0) is 0 Å². The normalized spacial score (nSPS) is 10.2. The van der Waals surface area contributed by atoms with E-state index in [1.807, 2.05) is 0 Å². The van der Waals surface area contributed by atoms with Crippen LogP contribution in [0.4, 0.5) is 0 Å². The number of hydrogen-bond donors (Lipinski definition) is 0. The van der Waals surface area contributed by atoms with E-state index in [1.165, 1.54) is 0 Å². The Hall–Kier alpha value is -0.480. The van der Waals surface area contributed by atoms with Crippen LogP contribution in [0.3, 0.4) is 0 Å². The molecular weight excluding hydrogens is 269 g/mol. The largest absolute Gasteiger partial charge is 0.440 e. The zero-order valence-corrected chi connectivity index (χ0v) is 10.1. The standard InChI is InChI=1S/C9H11BrClNO2/c1-12(6-2-5-10)9(13)7-3-4-8(11)14-7/h3-4H,2,5-6H2,1H3. The number of nitrogens with zero attached hydrogens (tertiary/aromatic N) is 1. The molecule has 1 rings (SSSR count). The number of furan rings is 1. The van der Waals surface area contributed by atoms with Gasteiger partial charge in [-0.05, 0) is 30.2 Å². The second kappa shape index (κ2) is 5.41. The van der Waals surface area contributed by atoms with E-state index in [2.05, 4.69) is 15.9 Å². The van der Waals surface area contributed by atoms with Gasteiger partial charge in [-0.15, -0.1) is 0 Å². The highest BCUT2D eigenvalue weighted by atomic mass is 79.9. The Morgan fingerprint density at radius 3 is 2.86 bits per heavy atom. The first-order chi connectivity index (χ1) is 6.65. The lowest BCUT2D eigenvalue weighted by molar-refractivity contribution is 0.0764. The molecule has 78 valence electrons. The lowest BCUT2D eigenvalue weighted by atomic mass is 10.3. The Kier molecular flexibility index (Phi) is 4.48. The Morgan fingerprint density at radius 1 is 1.64 bits per heavy atom. The monoisotopic (exact) mass is 279 g/mol. The molecule has 0 saturated carbocycles. The van der Waals surface area contributed by atoms with Crippen molar-refractivity contribution in [2.24, 2.45) is 0 Å². The fourth-order valence-electron chi connectivity index (χ4n) is 1.02. The van der Waals surface area contributed by atoms with Crippen LogP contribution in [0, 0.1) is 0 Å². The molecule has 0 aliphatic rings.